The zero-order valence-corrected chi connectivity index (χ0v) is 15.2. The molecule has 1 aromatic carbocycles. The lowest BCUT2D eigenvalue weighted by molar-refractivity contribution is -0.125. The Kier molecular flexibility index (Phi) is 8.07. The Balaban J connectivity index is 0.00000264. The van der Waals surface area contributed by atoms with Crippen LogP contribution in [0.25, 0.3) is 0 Å². The summed E-state index contributed by atoms with van der Waals surface area (Å²) in [5.41, 5.74) is 7.42. The van der Waals surface area contributed by atoms with Crippen LogP contribution in [0.15, 0.2) is 30.3 Å². The molecule has 2 rings (SSSR count). The van der Waals surface area contributed by atoms with E-state index in [-0.39, 0.29) is 35.7 Å². The number of nitrogens with two attached hydrogens (primary N) is 1. The highest BCUT2D eigenvalue weighted by atomic mass is 35.5. The van der Waals surface area contributed by atoms with E-state index in [0.29, 0.717) is 0 Å². The second kappa shape index (κ2) is 9.29. The Morgan fingerprint density at radius 3 is 2.57 bits per heavy atom. The first-order valence-electron chi connectivity index (χ1n) is 8.53. The first-order valence-corrected chi connectivity index (χ1v) is 8.53. The van der Waals surface area contributed by atoms with Gasteiger partial charge >= 0.3 is 0 Å². The molecule has 130 valence electrons. The maximum absolute atomic E-state index is 12.2. The maximum atomic E-state index is 12.2. The molecule has 0 heterocycles. The van der Waals surface area contributed by atoms with Crippen LogP contribution in [0.5, 0.6) is 0 Å². The topological polar surface area (TPSA) is 55.1 Å². The third-order valence-electron chi connectivity index (χ3n) is 4.75. The second-order valence-electron chi connectivity index (χ2n) is 7.49. The fourth-order valence-corrected chi connectivity index (χ4v) is 3.23. The summed E-state index contributed by atoms with van der Waals surface area (Å²) < 4.78 is 0. The van der Waals surface area contributed by atoms with Crippen molar-refractivity contribution in [1.29, 1.82) is 0 Å². The Bertz CT molecular complexity index is 476. The first-order chi connectivity index (χ1) is 10.5. The minimum absolute atomic E-state index is 0. The number of halogens is 1. The number of carbonyl (C=O) groups excluding carboxylic acids is 1. The average molecular weight is 339 g/mol. The Morgan fingerprint density at radius 1 is 1.26 bits per heavy atom. The highest BCUT2D eigenvalue weighted by Crippen LogP contribution is 2.26. The van der Waals surface area contributed by atoms with E-state index in [1.807, 2.05) is 0 Å². The van der Waals surface area contributed by atoms with E-state index in [1.54, 1.807) is 0 Å². The number of amides is 1. The van der Waals surface area contributed by atoms with E-state index in [0.717, 1.165) is 45.1 Å². The van der Waals surface area contributed by atoms with Gasteiger partial charge in [0.15, 0.2) is 0 Å². The van der Waals surface area contributed by atoms with Crippen molar-refractivity contribution < 1.29 is 4.79 Å². The highest BCUT2D eigenvalue weighted by molar-refractivity contribution is 5.85. The fourth-order valence-electron chi connectivity index (χ4n) is 3.23. The molecule has 2 atom stereocenters. The summed E-state index contributed by atoms with van der Waals surface area (Å²) in [5.74, 6) is 0.333. The molecule has 3 nitrogen and oxygen atoms in total. The minimum atomic E-state index is 0. The van der Waals surface area contributed by atoms with Crippen molar-refractivity contribution in [1.82, 2.24) is 5.32 Å². The van der Waals surface area contributed by atoms with Crippen LogP contribution in [0, 0.1) is 11.3 Å². The molecule has 1 fully saturated rings. The second-order valence-corrected chi connectivity index (χ2v) is 7.49. The van der Waals surface area contributed by atoms with Crippen LogP contribution in [0.3, 0.4) is 0 Å². The first kappa shape index (κ1) is 20.0. The molecule has 1 aliphatic rings. The smallest absolute Gasteiger partial charge is 0.223 e. The lowest BCUT2D eigenvalue weighted by atomic mass is 9.86. The molecule has 2 unspecified atom stereocenters. The van der Waals surface area contributed by atoms with Crippen LogP contribution >= 0.6 is 12.4 Å². The summed E-state index contributed by atoms with van der Waals surface area (Å²) in [7, 11) is 0. The Morgan fingerprint density at radius 2 is 1.96 bits per heavy atom. The van der Waals surface area contributed by atoms with E-state index in [4.69, 9.17) is 5.73 Å². The van der Waals surface area contributed by atoms with Gasteiger partial charge in [-0.25, -0.2) is 0 Å². The summed E-state index contributed by atoms with van der Waals surface area (Å²) in [6.07, 6.45) is 6.16. The maximum Gasteiger partial charge on any atom is 0.223 e. The number of nitrogens with one attached hydrogen (secondary N) is 1. The van der Waals surface area contributed by atoms with Gasteiger partial charge in [-0.1, -0.05) is 44.2 Å². The molecule has 0 aromatic heterocycles. The predicted molar refractivity (Wildman–Crippen MR) is 98.7 cm³/mol. The number of hydrogen-bond acceptors (Lipinski definition) is 2. The number of carbonyl (C=O) groups is 1. The molecule has 0 saturated heterocycles. The van der Waals surface area contributed by atoms with Crippen molar-refractivity contribution in [3.05, 3.63) is 35.9 Å². The quantitative estimate of drug-likeness (QED) is 0.796. The van der Waals surface area contributed by atoms with Crippen molar-refractivity contribution in [2.24, 2.45) is 17.1 Å². The van der Waals surface area contributed by atoms with Crippen LogP contribution in [-0.2, 0) is 11.2 Å². The number of benzene rings is 1. The number of rotatable bonds is 7. The SMILES string of the molecule is CC(C)(CCCc1ccccc1)CNC(=O)C1CCC(N)C1.Cl. The average Bonchev–Trinajstić information content (AvgIpc) is 2.92. The van der Waals surface area contributed by atoms with E-state index in [2.05, 4.69) is 49.5 Å². The van der Waals surface area contributed by atoms with Crippen LogP contribution < -0.4 is 11.1 Å². The summed E-state index contributed by atoms with van der Waals surface area (Å²) in [5, 5.41) is 3.14. The predicted octanol–water partition coefficient (Wildman–Crippen LogP) is 3.70. The van der Waals surface area contributed by atoms with Crippen LogP contribution in [0.4, 0.5) is 0 Å². The van der Waals surface area contributed by atoms with E-state index in [9.17, 15) is 4.79 Å². The molecule has 1 saturated carbocycles. The molecule has 0 aliphatic heterocycles. The molecule has 3 N–H and O–H groups in total. The van der Waals surface area contributed by atoms with E-state index < -0.39 is 0 Å². The number of aryl methyl sites for hydroxylation is 1. The molecule has 0 radical (unpaired) electrons. The Labute approximate surface area is 146 Å². The monoisotopic (exact) mass is 338 g/mol. The van der Waals surface area contributed by atoms with Crippen molar-refractivity contribution in [2.45, 2.75) is 58.4 Å². The van der Waals surface area contributed by atoms with Crippen molar-refractivity contribution >= 4 is 18.3 Å². The summed E-state index contributed by atoms with van der Waals surface area (Å²) in [4.78, 5) is 12.2. The third-order valence-corrected chi connectivity index (χ3v) is 4.75. The summed E-state index contributed by atoms with van der Waals surface area (Å²) in [6.45, 7) is 5.23. The highest BCUT2D eigenvalue weighted by Gasteiger charge is 2.28. The normalized spacial score (nSPS) is 20.8. The van der Waals surface area contributed by atoms with Crippen LogP contribution in [-0.4, -0.2) is 18.5 Å². The van der Waals surface area contributed by atoms with Gasteiger partial charge in [0.1, 0.15) is 0 Å². The van der Waals surface area contributed by atoms with Gasteiger partial charge in [-0.2, -0.15) is 0 Å². The van der Waals surface area contributed by atoms with Crippen LogP contribution in [0.1, 0.15) is 51.5 Å². The van der Waals surface area contributed by atoms with Gasteiger partial charge in [-0.05, 0) is 49.5 Å². The summed E-state index contributed by atoms with van der Waals surface area (Å²) in [6, 6.07) is 10.8. The molecule has 0 bridgehead atoms. The van der Waals surface area contributed by atoms with Crippen molar-refractivity contribution in [3.63, 3.8) is 0 Å². The molecular weight excluding hydrogens is 308 g/mol. The zero-order chi connectivity index (χ0) is 16.0. The van der Waals surface area contributed by atoms with Crippen molar-refractivity contribution in [2.75, 3.05) is 6.54 Å². The molecular formula is C19H31ClN2O. The standard InChI is InChI=1S/C19H30N2O.ClH/c1-19(2,12-6-9-15-7-4-3-5-8-15)14-21-18(22)16-10-11-17(20)13-16;/h3-5,7-8,16-17H,6,9-14,20H2,1-2H3,(H,21,22);1H. The van der Waals surface area contributed by atoms with E-state index >= 15 is 0 Å². The van der Waals surface area contributed by atoms with Gasteiger partial charge in [0.05, 0.1) is 0 Å². The molecule has 1 aliphatic carbocycles. The largest absolute Gasteiger partial charge is 0.355 e. The van der Waals surface area contributed by atoms with Gasteiger partial charge in [0, 0.05) is 18.5 Å². The minimum Gasteiger partial charge on any atom is -0.355 e. The third kappa shape index (κ3) is 6.92. The van der Waals surface area contributed by atoms with Gasteiger partial charge in [-0.15, -0.1) is 12.4 Å². The molecule has 0 spiro atoms. The van der Waals surface area contributed by atoms with Gasteiger partial charge in [-0.3, -0.25) is 4.79 Å². The zero-order valence-electron chi connectivity index (χ0n) is 14.4. The van der Waals surface area contributed by atoms with Gasteiger partial charge in [0.2, 0.25) is 5.91 Å². The van der Waals surface area contributed by atoms with Crippen LogP contribution in [0.2, 0.25) is 0 Å². The van der Waals surface area contributed by atoms with Crippen molar-refractivity contribution in [3.8, 4) is 0 Å². The molecule has 1 aromatic rings. The number of hydrogen-bond donors (Lipinski definition) is 2. The lowest BCUT2D eigenvalue weighted by Gasteiger charge is -2.26. The molecule has 4 heteroatoms. The summed E-state index contributed by atoms with van der Waals surface area (Å²) >= 11 is 0. The molecule has 1 amide bonds. The van der Waals surface area contributed by atoms with Gasteiger partial charge in [0.25, 0.3) is 0 Å². The Hall–Kier alpha value is -1.06. The van der Waals surface area contributed by atoms with Gasteiger partial charge < -0.3 is 11.1 Å². The lowest BCUT2D eigenvalue weighted by Crippen LogP contribution is -2.37. The fraction of sp³-hybridized carbons (Fsp3) is 0.632. The molecule has 23 heavy (non-hydrogen) atoms. The van der Waals surface area contributed by atoms with E-state index in [1.165, 1.54) is 5.56 Å².